The Labute approximate surface area is 145 Å². The Kier molecular flexibility index (Phi) is 5.91. The molecular formula is C19H17N3O3. The van der Waals surface area contributed by atoms with Crippen LogP contribution in [0, 0.1) is 11.3 Å². The van der Waals surface area contributed by atoms with Crippen LogP contribution in [0.3, 0.4) is 0 Å². The number of hydrogen-bond donors (Lipinski definition) is 3. The predicted molar refractivity (Wildman–Crippen MR) is 95.2 cm³/mol. The van der Waals surface area contributed by atoms with E-state index in [9.17, 15) is 14.9 Å². The fourth-order valence-electron chi connectivity index (χ4n) is 2.16. The fourth-order valence-corrected chi connectivity index (χ4v) is 2.16. The molecule has 0 unspecified atom stereocenters. The molecule has 0 spiro atoms. The minimum atomic E-state index is -1.05. The van der Waals surface area contributed by atoms with Gasteiger partial charge in [0.1, 0.15) is 11.6 Å². The van der Waals surface area contributed by atoms with Gasteiger partial charge in [-0.1, -0.05) is 25.1 Å². The summed E-state index contributed by atoms with van der Waals surface area (Å²) in [4.78, 5) is 23.0. The third-order valence-electron chi connectivity index (χ3n) is 3.53. The zero-order valence-electron chi connectivity index (χ0n) is 13.6. The molecular weight excluding hydrogens is 318 g/mol. The van der Waals surface area contributed by atoms with Gasteiger partial charge in [0.15, 0.2) is 0 Å². The molecule has 0 radical (unpaired) electrons. The lowest BCUT2D eigenvalue weighted by atomic mass is 10.1. The van der Waals surface area contributed by atoms with Crippen molar-refractivity contribution in [3.63, 3.8) is 0 Å². The lowest BCUT2D eigenvalue weighted by Gasteiger charge is -2.08. The van der Waals surface area contributed by atoms with Gasteiger partial charge >= 0.3 is 5.97 Å². The van der Waals surface area contributed by atoms with E-state index in [2.05, 4.69) is 10.6 Å². The van der Waals surface area contributed by atoms with Crippen molar-refractivity contribution in [2.45, 2.75) is 13.3 Å². The maximum absolute atomic E-state index is 12.2. The minimum absolute atomic E-state index is 0.0896. The number of nitrogens with zero attached hydrogens (tertiary/aromatic N) is 1. The molecule has 6 heteroatoms. The topological polar surface area (TPSA) is 102 Å². The molecule has 126 valence electrons. The molecule has 0 fully saturated rings. The van der Waals surface area contributed by atoms with Gasteiger partial charge in [-0.2, -0.15) is 5.26 Å². The number of nitriles is 1. The summed E-state index contributed by atoms with van der Waals surface area (Å²) in [5.74, 6) is -1.62. The number of aryl methyl sites for hydroxylation is 1. The fraction of sp³-hybridized carbons (Fsp3) is 0.105. The largest absolute Gasteiger partial charge is 0.478 e. The average molecular weight is 335 g/mol. The van der Waals surface area contributed by atoms with Gasteiger partial charge in [-0.3, -0.25) is 4.79 Å². The Morgan fingerprint density at radius 3 is 2.44 bits per heavy atom. The first-order chi connectivity index (χ1) is 12.0. The molecule has 0 bridgehead atoms. The molecule has 0 saturated carbocycles. The van der Waals surface area contributed by atoms with Crippen molar-refractivity contribution in [1.29, 1.82) is 5.26 Å². The Bertz CT molecular complexity index is 849. The molecule has 25 heavy (non-hydrogen) atoms. The standard InChI is InChI=1S/C19H17N3O3/c1-2-13-5-3-4-6-17(13)21-12-15(11-20)18(23)22-16-9-7-14(8-10-16)19(24)25/h3-10,12,21H,2H2,1H3,(H,22,23)(H,24,25)/b15-12-. The van der Waals surface area contributed by atoms with Crippen LogP contribution in [0.4, 0.5) is 11.4 Å². The number of anilines is 2. The number of rotatable bonds is 6. The van der Waals surface area contributed by atoms with Crippen LogP contribution in [0.25, 0.3) is 0 Å². The van der Waals surface area contributed by atoms with Crippen molar-refractivity contribution in [1.82, 2.24) is 0 Å². The molecule has 0 aliphatic carbocycles. The average Bonchev–Trinajstić information content (AvgIpc) is 2.63. The Balaban J connectivity index is 2.10. The molecule has 0 aliphatic rings. The summed E-state index contributed by atoms with van der Waals surface area (Å²) in [6.07, 6.45) is 2.18. The quantitative estimate of drug-likeness (QED) is 0.554. The maximum atomic E-state index is 12.2. The summed E-state index contributed by atoms with van der Waals surface area (Å²) in [5.41, 5.74) is 2.34. The van der Waals surface area contributed by atoms with Crippen LogP contribution in [-0.4, -0.2) is 17.0 Å². The third-order valence-corrected chi connectivity index (χ3v) is 3.53. The van der Waals surface area contributed by atoms with Gasteiger partial charge in [-0.05, 0) is 42.3 Å². The number of para-hydroxylation sites is 1. The number of amides is 1. The molecule has 0 saturated heterocycles. The lowest BCUT2D eigenvalue weighted by molar-refractivity contribution is -0.112. The van der Waals surface area contributed by atoms with Gasteiger partial charge in [0.25, 0.3) is 5.91 Å². The van der Waals surface area contributed by atoms with E-state index in [1.165, 1.54) is 30.5 Å². The van der Waals surface area contributed by atoms with Gasteiger partial charge in [-0.25, -0.2) is 4.79 Å². The van der Waals surface area contributed by atoms with Gasteiger partial charge < -0.3 is 15.7 Å². The molecule has 0 aliphatic heterocycles. The number of hydrogen-bond acceptors (Lipinski definition) is 4. The highest BCUT2D eigenvalue weighted by molar-refractivity contribution is 6.06. The van der Waals surface area contributed by atoms with Crippen LogP contribution in [0.1, 0.15) is 22.8 Å². The summed E-state index contributed by atoms with van der Waals surface area (Å²) in [5, 5.41) is 23.6. The van der Waals surface area contributed by atoms with Crippen LogP contribution in [-0.2, 0) is 11.2 Å². The summed E-state index contributed by atoms with van der Waals surface area (Å²) < 4.78 is 0. The SMILES string of the molecule is CCc1ccccc1N/C=C(/C#N)C(=O)Nc1ccc(C(=O)O)cc1. The first kappa shape index (κ1) is 17.8. The van der Waals surface area contributed by atoms with Crippen molar-refractivity contribution >= 4 is 23.3 Å². The number of carboxylic acids is 1. The van der Waals surface area contributed by atoms with Crippen LogP contribution < -0.4 is 10.6 Å². The number of benzene rings is 2. The van der Waals surface area contributed by atoms with E-state index < -0.39 is 11.9 Å². The number of carbonyl (C=O) groups is 2. The maximum Gasteiger partial charge on any atom is 0.335 e. The monoisotopic (exact) mass is 335 g/mol. The van der Waals surface area contributed by atoms with E-state index in [1.807, 2.05) is 37.3 Å². The zero-order valence-corrected chi connectivity index (χ0v) is 13.6. The van der Waals surface area contributed by atoms with Gasteiger partial charge in [0.05, 0.1) is 5.56 Å². The van der Waals surface area contributed by atoms with Crippen molar-refractivity contribution in [2.24, 2.45) is 0 Å². The van der Waals surface area contributed by atoms with E-state index in [1.54, 1.807) is 0 Å². The lowest BCUT2D eigenvalue weighted by Crippen LogP contribution is -2.14. The minimum Gasteiger partial charge on any atom is -0.478 e. The molecule has 2 rings (SSSR count). The number of carbonyl (C=O) groups excluding carboxylic acids is 1. The predicted octanol–water partition coefficient (Wildman–Crippen LogP) is 3.41. The molecule has 3 N–H and O–H groups in total. The Morgan fingerprint density at radius 1 is 1.16 bits per heavy atom. The van der Waals surface area contributed by atoms with Crippen LogP contribution >= 0.6 is 0 Å². The highest BCUT2D eigenvalue weighted by Crippen LogP contribution is 2.16. The van der Waals surface area contributed by atoms with Crippen LogP contribution in [0.15, 0.2) is 60.3 Å². The normalized spacial score (nSPS) is 10.6. The summed E-state index contributed by atoms with van der Waals surface area (Å²) in [6, 6.07) is 15.2. The summed E-state index contributed by atoms with van der Waals surface area (Å²) >= 11 is 0. The third kappa shape index (κ3) is 4.69. The zero-order chi connectivity index (χ0) is 18.2. The summed E-state index contributed by atoms with van der Waals surface area (Å²) in [6.45, 7) is 2.02. The van der Waals surface area contributed by atoms with Crippen molar-refractivity contribution in [3.05, 3.63) is 71.4 Å². The summed E-state index contributed by atoms with van der Waals surface area (Å²) in [7, 11) is 0. The van der Waals surface area contributed by atoms with Gasteiger partial charge in [0, 0.05) is 17.6 Å². The number of carboxylic acid groups (broad SMARTS) is 1. The van der Waals surface area contributed by atoms with E-state index in [0.29, 0.717) is 5.69 Å². The van der Waals surface area contributed by atoms with E-state index in [0.717, 1.165) is 17.7 Å². The number of aromatic carboxylic acids is 1. The second-order valence-corrected chi connectivity index (χ2v) is 5.16. The van der Waals surface area contributed by atoms with Crippen molar-refractivity contribution < 1.29 is 14.7 Å². The molecule has 2 aromatic carbocycles. The first-order valence-corrected chi connectivity index (χ1v) is 7.64. The van der Waals surface area contributed by atoms with Crippen LogP contribution in [0.2, 0.25) is 0 Å². The molecule has 0 aromatic heterocycles. The van der Waals surface area contributed by atoms with E-state index >= 15 is 0 Å². The first-order valence-electron chi connectivity index (χ1n) is 7.64. The van der Waals surface area contributed by atoms with Gasteiger partial charge in [0.2, 0.25) is 0 Å². The van der Waals surface area contributed by atoms with Gasteiger partial charge in [-0.15, -0.1) is 0 Å². The van der Waals surface area contributed by atoms with Crippen LogP contribution in [0.5, 0.6) is 0 Å². The Morgan fingerprint density at radius 2 is 1.84 bits per heavy atom. The molecule has 0 heterocycles. The van der Waals surface area contributed by atoms with E-state index in [4.69, 9.17) is 5.11 Å². The van der Waals surface area contributed by atoms with Crippen molar-refractivity contribution in [3.8, 4) is 6.07 Å². The van der Waals surface area contributed by atoms with E-state index in [-0.39, 0.29) is 11.1 Å². The Hall–Kier alpha value is -3.59. The highest BCUT2D eigenvalue weighted by atomic mass is 16.4. The smallest absolute Gasteiger partial charge is 0.335 e. The molecule has 6 nitrogen and oxygen atoms in total. The second kappa shape index (κ2) is 8.31. The molecule has 2 aromatic rings. The number of nitrogens with one attached hydrogen (secondary N) is 2. The highest BCUT2D eigenvalue weighted by Gasteiger charge is 2.10. The second-order valence-electron chi connectivity index (χ2n) is 5.16. The molecule has 1 amide bonds. The molecule has 0 atom stereocenters. The van der Waals surface area contributed by atoms with Crippen molar-refractivity contribution in [2.75, 3.05) is 10.6 Å².